The quantitative estimate of drug-likeness (QED) is 0.817. The van der Waals surface area contributed by atoms with Crippen molar-refractivity contribution in [3.63, 3.8) is 0 Å². The Labute approximate surface area is 151 Å². The summed E-state index contributed by atoms with van der Waals surface area (Å²) in [7, 11) is 0. The van der Waals surface area contributed by atoms with Crippen molar-refractivity contribution in [1.29, 1.82) is 0 Å². The van der Waals surface area contributed by atoms with E-state index in [1.54, 1.807) is 4.90 Å². The van der Waals surface area contributed by atoms with Crippen LogP contribution in [0.2, 0.25) is 0 Å². The van der Waals surface area contributed by atoms with E-state index in [0.29, 0.717) is 36.5 Å². The first-order chi connectivity index (χ1) is 12.4. The Morgan fingerprint density at radius 2 is 2.00 bits per heavy atom. The molecule has 0 aromatic carbocycles. The first-order valence-corrected chi connectivity index (χ1v) is 8.85. The van der Waals surface area contributed by atoms with Crippen LogP contribution in [0.15, 0.2) is 12.4 Å². The molecule has 1 atom stereocenters. The number of aromatic amines is 1. The zero-order valence-corrected chi connectivity index (χ0v) is 15.1. The number of amides is 2. The fourth-order valence-corrected chi connectivity index (χ4v) is 2.96. The van der Waals surface area contributed by atoms with Gasteiger partial charge in [-0.3, -0.25) is 14.7 Å². The Morgan fingerprint density at radius 1 is 1.27 bits per heavy atom. The van der Waals surface area contributed by atoms with Gasteiger partial charge >= 0.3 is 0 Å². The van der Waals surface area contributed by atoms with Crippen LogP contribution < -0.4 is 0 Å². The fraction of sp³-hybridized carbons (Fsp3) is 0.588. The highest BCUT2D eigenvalue weighted by atomic mass is 16.3. The average molecular weight is 360 g/mol. The number of H-pyrrole nitrogens is 1. The van der Waals surface area contributed by atoms with E-state index in [0.717, 1.165) is 6.42 Å². The molecule has 1 aliphatic heterocycles. The zero-order chi connectivity index (χ0) is 18.7. The molecule has 3 rings (SSSR count). The molecule has 0 aliphatic carbocycles. The molecule has 9 heteroatoms. The molecule has 2 aromatic heterocycles. The number of nitrogens with one attached hydrogen (secondary N) is 1. The Kier molecular flexibility index (Phi) is 5.46. The third-order valence-electron chi connectivity index (χ3n) is 4.46. The fourth-order valence-electron chi connectivity index (χ4n) is 2.96. The molecule has 2 N–H and O–H groups in total. The minimum atomic E-state index is -0.790. The SMILES string of the molecule is CC(C)CCC(=O)N1CCN(C(=O)c2ncc3[nH]ncc3n2)CC(O)C1. The highest BCUT2D eigenvalue weighted by Crippen LogP contribution is 2.12. The van der Waals surface area contributed by atoms with Crippen LogP contribution in [0.4, 0.5) is 0 Å². The van der Waals surface area contributed by atoms with Gasteiger partial charge in [-0.15, -0.1) is 0 Å². The minimum Gasteiger partial charge on any atom is -0.389 e. The third kappa shape index (κ3) is 4.16. The van der Waals surface area contributed by atoms with Crippen molar-refractivity contribution in [2.24, 2.45) is 5.92 Å². The lowest BCUT2D eigenvalue weighted by Crippen LogP contribution is -2.38. The van der Waals surface area contributed by atoms with Crippen molar-refractivity contribution < 1.29 is 14.7 Å². The van der Waals surface area contributed by atoms with Gasteiger partial charge in [-0.25, -0.2) is 9.97 Å². The van der Waals surface area contributed by atoms with E-state index in [-0.39, 0.29) is 30.7 Å². The number of nitrogens with zero attached hydrogens (tertiary/aromatic N) is 5. The van der Waals surface area contributed by atoms with Crippen molar-refractivity contribution in [3.05, 3.63) is 18.2 Å². The van der Waals surface area contributed by atoms with Crippen molar-refractivity contribution in [1.82, 2.24) is 30.0 Å². The number of β-amino-alcohol motifs (C(OH)–C–C–N with tert-alkyl or cyclic N) is 1. The van der Waals surface area contributed by atoms with Crippen LogP contribution in [0.5, 0.6) is 0 Å². The lowest BCUT2D eigenvalue weighted by atomic mass is 10.1. The van der Waals surface area contributed by atoms with Crippen LogP contribution in [0.25, 0.3) is 11.0 Å². The number of aliphatic hydroxyl groups excluding tert-OH is 1. The zero-order valence-electron chi connectivity index (χ0n) is 15.1. The third-order valence-corrected chi connectivity index (χ3v) is 4.46. The summed E-state index contributed by atoms with van der Waals surface area (Å²) in [6.07, 6.45) is 3.52. The number of rotatable bonds is 4. The Morgan fingerprint density at radius 3 is 2.77 bits per heavy atom. The minimum absolute atomic E-state index is 0.0168. The molecule has 0 bridgehead atoms. The van der Waals surface area contributed by atoms with Crippen LogP contribution in [0, 0.1) is 5.92 Å². The van der Waals surface area contributed by atoms with E-state index < -0.39 is 6.10 Å². The van der Waals surface area contributed by atoms with Crippen LogP contribution in [0.3, 0.4) is 0 Å². The number of hydrogen-bond donors (Lipinski definition) is 2. The molecule has 1 saturated heterocycles. The first kappa shape index (κ1) is 18.2. The first-order valence-electron chi connectivity index (χ1n) is 8.85. The molecule has 2 amide bonds. The number of aliphatic hydroxyl groups is 1. The normalized spacial score (nSPS) is 18.4. The molecule has 9 nitrogen and oxygen atoms in total. The second kappa shape index (κ2) is 7.77. The maximum Gasteiger partial charge on any atom is 0.291 e. The lowest BCUT2D eigenvalue weighted by molar-refractivity contribution is -0.132. The molecule has 1 aliphatic rings. The van der Waals surface area contributed by atoms with E-state index in [9.17, 15) is 14.7 Å². The van der Waals surface area contributed by atoms with Crippen LogP contribution in [-0.4, -0.2) is 79.2 Å². The number of fused-ring (bicyclic) bond motifs is 1. The molecule has 1 fully saturated rings. The second-order valence-electron chi connectivity index (χ2n) is 7.04. The molecule has 26 heavy (non-hydrogen) atoms. The van der Waals surface area contributed by atoms with Crippen molar-refractivity contribution in [3.8, 4) is 0 Å². The molecular formula is C17H24N6O3. The van der Waals surface area contributed by atoms with Crippen LogP contribution >= 0.6 is 0 Å². The van der Waals surface area contributed by atoms with E-state index >= 15 is 0 Å². The Balaban J connectivity index is 1.67. The second-order valence-corrected chi connectivity index (χ2v) is 7.04. The summed E-state index contributed by atoms with van der Waals surface area (Å²) in [5.74, 6) is 0.168. The van der Waals surface area contributed by atoms with Gasteiger partial charge < -0.3 is 14.9 Å². The Hall–Kier alpha value is -2.55. The molecular weight excluding hydrogens is 336 g/mol. The summed E-state index contributed by atoms with van der Waals surface area (Å²) in [4.78, 5) is 36.5. The van der Waals surface area contributed by atoms with Gasteiger partial charge in [-0.1, -0.05) is 13.8 Å². The van der Waals surface area contributed by atoms with Gasteiger partial charge in [-0.05, 0) is 12.3 Å². The number of carbonyl (C=O) groups is 2. The maximum absolute atomic E-state index is 12.7. The monoisotopic (exact) mass is 360 g/mol. The van der Waals surface area contributed by atoms with Crippen LogP contribution in [-0.2, 0) is 4.79 Å². The largest absolute Gasteiger partial charge is 0.389 e. The predicted molar refractivity (Wildman–Crippen MR) is 94.2 cm³/mol. The van der Waals surface area contributed by atoms with Crippen LogP contribution in [0.1, 0.15) is 37.3 Å². The summed E-state index contributed by atoms with van der Waals surface area (Å²) < 4.78 is 0. The molecule has 140 valence electrons. The molecule has 3 heterocycles. The molecule has 0 radical (unpaired) electrons. The van der Waals surface area contributed by atoms with Gasteiger partial charge in [0.15, 0.2) is 0 Å². The summed E-state index contributed by atoms with van der Waals surface area (Å²) in [5, 5.41) is 16.8. The molecule has 1 unspecified atom stereocenters. The van der Waals surface area contributed by atoms with Gasteiger partial charge in [0.2, 0.25) is 11.7 Å². The van der Waals surface area contributed by atoms with Crippen molar-refractivity contribution in [2.75, 3.05) is 26.2 Å². The van der Waals surface area contributed by atoms with Crippen molar-refractivity contribution >= 4 is 22.8 Å². The maximum atomic E-state index is 12.7. The molecule has 0 saturated carbocycles. The van der Waals surface area contributed by atoms with Gasteiger partial charge in [0.05, 0.1) is 18.5 Å². The van der Waals surface area contributed by atoms with Gasteiger partial charge in [-0.2, -0.15) is 5.10 Å². The molecule has 0 spiro atoms. The van der Waals surface area contributed by atoms with Gasteiger partial charge in [0, 0.05) is 32.6 Å². The predicted octanol–water partition coefficient (Wildman–Crippen LogP) is 0.434. The molecule has 2 aromatic rings. The summed E-state index contributed by atoms with van der Waals surface area (Å²) in [5.41, 5.74) is 1.21. The average Bonchev–Trinajstić information content (AvgIpc) is 2.99. The highest BCUT2D eigenvalue weighted by molar-refractivity contribution is 5.92. The number of carbonyl (C=O) groups excluding carboxylic acids is 2. The Bertz CT molecular complexity index is 790. The summed E-state index contributed by atoms with van der Waals surface area (Å²) >= 11 is 0. The summed E-state index contributed by atoms with van der Waals surface area (Å²) in [6, 6.07) is 0. The highest BCUT2D eigenvalue weighted by Gasteiger charge is 2.28. The van der Waals surface area contributed by atoms with Gasteiger partial charge in [0.1, 0.15) is 11.0 Å². The van der Waals surface area contributed by atoms with Crippen molar-refractivity contribution in [2.45, 2.75) is 32.8 Å². The standard InChI is InChI=1S/C17H24N6O3/c1-11(2)3-4-15(25)22-5-6-23(10-12(24)9-22)17(26)16-18-7-14-13(20-16)8-19-21-14/h7-8,11-12,24H,3-6,9-10H2,1-2H3,(H,19,21). The van der Waals surface area contributed by atoms with E-state index in [4.69, 9.17) is 0 Å². The van der Waals surface area contributed by atoms with Gasteiger partial charge in [0.25, 0.3) is 5.91 Å². The van der Waals surface area contributed by atoms with E-state index in [2.05, 4.69) is 34.0 Å². The smallest absolute Gasteiger partial charge is 0.291 e. The van der Waals surface area contributed by atoms with E-state index in [1.807, 2.05) is 0 Å². The summed E-state index contributed by atoms with van der Waals surface area (Å²) in [6.45, 7) is 5.27. The lowest BCUT2D eigenvalue weighted by Gasteiger charge is -2.22. The van der Waals surface area contributed by atoms with E-state index in [1.165, 1.54) is 17.3 Å². The number of hydrogen-bond acceptors (Lipinski definition) is 6. The topological polar surface area (TPSA) is 115 Å². The number of aromatic nitrogens is 4.